The summed E-state index contributed by atoms with van der Waals surface area (Å²) < 4.78 is 5.27. The number of aromatic hydroxyl groups is 1. The molecule has 3 amide bonds. The molecule has 1 heterocycles. The predicted molar refractivity (Wildman–Crippen MR) is 97.2 cm³/mol. The monoisotopic (exact) mass is 394 g/mol. The van der Waals surface area contributed by atoms with Crippen molar-refractivity contribution in [1.82, 2.24) is 10.2 Å². The van der Waals surface area contributed by atoms with E-state index in [2.05, 4.69) is 5.32 Å². The van der Waals surface area contributed by atoms with E-state index >= 15 is 0 Å². The molecule has 1 aliphatic rings. The van der Waals surface area contributed by atoms with Crippen LogP contribution in [0.15, 0.2) is 23.1 Å². The average Bonchev–Trinajstić information content (AvgIpc) is 2.85. The van der Waals surface area contributed by atoms with Gasteiger partial charge >= 0.3 is 5.97 Å². The Labute approximate surface area is 159 Å². The van der Waals surface area contributed by atoms with E-state index in [-0.39, 0.29) is 29.4 Å². The molecule has 9 nitrogen and oxygen atoms in total. The summed E-state index contributed by atoms with van der Waals surface area (Å²) in [5, 5.41) is 20.0. The van der Waals surface area contributed by atoms with Gasteiger partial charge in [0.05, 0.1) is 17.9 Å². The lowest BCUT2D eigenvalue weighted by atomic mass is 10.2. The molecule has 1 aromatic carbocycles. The van der Waals surface area contributed by atoms with Crippen LogP contribution in [-0.2, 0) is 14.4 Å². The number of phenols is 1. The molecule has 2 rings (SSSR count). The Morgan fingerprint density at radius 2 is 2.07 bits per heavy atom. The number of amides is 3. The van der Waals surface area contributed by atoms with Gasteiger partial charge in [0.25, 0.3) is 11.1 Å². The molecule has 1 aliphatic heterocycles. The van der Waals surface area contributed by atoms with Crippen molar-refractivity contribution in [2.24, 2.45) is 0 Å². The highest BCUT2D eigenvalue weighted by Crippen LogP contribution is 2.34. The van der Waals surface area contributed by atoms with Gasteiger partial charge in [-0.1, -0.05) is 6.07 Å². The van der Waals surface area contributed by atoms with Crippen LogP contribution >= 0.6 is 11.8 Å². The lowest BCUT2D eigenvalue weighted by Gasteiger charge is -2.12. The van der Waals surface area contributed by atoms with Gasteiger partial charge in [-0.05, 0) is 42.5 Å². The second-order valence-corrected chi connectivity index (χ2v) is 6.41. The zero-order chi connectivity index (χ0) is 20.0. The molecule has 0 saturated carbocycles. The van der Waals surface area contributed by atoms with E-state index in [1.54, 1.807) is 13.0 Å². The van der Waals surface area contributed by atoms with Crippen molar-refractivity contribution in [3.8, 4) is 11.5 Å². The Morgan fingerprint density at radius 1 is 1.33 bits per heavy atom. The summed E-state index contributed by atoms with van der Waals surface area (Å²) in [5.41, 5.74) is 0.549. The second kappa shape index (κ2) is 9.08. The summed E-state index contributed by atoms with van der Waals surface area (Å²) in [6, 6.07) is 4.51. The highest BCUT2D eigenvalue weighted by Gasteiger charge is 2.36. The van der Waals surface area contributed by atoms with E-state index in [1.165, 1.54) is 18.2 Å². The van der Waals surface area contributed by atoms with Crippen LogP contribution in [0.25, 0.3) is 6.08 Å². The van der Waals surface area contributed by atoms with Crippen LogP contribution in [0.1, 0.15) is 18.9 Å². The first-order valence-corrected chi connectivity index (χ1v) is 8.83. The van der Waals surface area contributed by atoms with Crippen molar-refractivity contribution in [3.05, 3.63) is 28.7 Å². The van der Waals surface area contributed by atoms with E-state index in [0.717, 1.165) is 4.90 Å². The maximum absolute atomic E-state index is 12.4. The minimum atomic E-state index is -1.07. The zero-order valence-electron chi connectivity index (χ0n) is 14.4. The smallest absolute Gasteiger partial charge is 0.305 e. The van der Waals surface area contributed by atoms with Crippen LogP contribution < -0.4 is 10.1 Å². The first kappa shape index (κ1) is 20.3. The van der Waals surface area contributed by atoms with E-state index in [9.17, 15) is 24.3 Å². The molecule has 3 N–H and O–H groups in total. The zero-order valence-corrected chi connectivity index (χ0v) is 15.2. The maximum Gasteiger partial charge on any atom is 0.305 e. The summed E-state index contributed by atoms with van der Waals surface area (Å²) in [4.78, 5) is 47.5. The first-order valence-electron chi connectivity index (χ1n) is 8.01. The van der Waals surface area contributed by atoms with Crippen molar-refractivity contribution in [2.45, 2.75) is 13.3 Å². The van der Waals surface area contributed by atoms with Crippen LogP contribution in [-0.4, -0.2) is 57.8 Å². The van der Waals surface area contributed by atoms with Gasteiger partial charge < -0.3 is 20.3 Å². The third-order valence-electron chi connectivity index (χ3n) is 3.42. The van der Waals surface area contributed by atoms with Gasteiger partial charge in [-0.3, -0.25) is 24.1 Å². The number of hydrogen-bond acceptors (Lipinski definition) is 7. The number of ether oxygens (including phenoxy) is 1. The van der Waals surface area contributed by atoms with Crippen LogP contribution in [0.5, 0.6) is 11.5 Å². The Morgan fingerprint density at radius 3 is 2.74 bits per heavy atom. The number of carboxylic acids is 1. The molecule has 10 heteroatoms. The fourth-order valence-corrected chi connectivity index (χ4v) is 3.03. The summed E-state index contributed by atoms with van der Waals surface area (Å²) in [5.74, 6) is -2.10. The van der Waals surface area contributed by atoms with E-state index in [0.29, 0.717) is 23.9 Å². The molecular weight excluding hydrogens is 376 g/mol. The molecule has 0 aromatic heterocycles. The second-order valence-electron chi connectivity index (χ2n) is 5.42. The lowest BCUT2D eigenvalue weighted by molar-refractivity contribution is -0.137. The molecule has 0 unspecified atom stereocenters. The number of nitrogens with one attached hydrogen (secondary N) is 1. The standard InChI is InChI=1S/C17H18N2O7S/c1-2-26-12-7-10(3-4-11(12)20)8-13-16(24)19(17(25)27-13)9-14(21)18-6-5-15(22)23/h3-4,7-8,20H,2,5-6,9H2,1H3,(H,18,21)(H,22,23)/b13-8-. The first-order chi connectivity index (χ1) is 12.8. The molecule has 0 aliphatic carbocycles. The molecule has 0 radical (unpaired) electrons. The average molecular weight is 394 g/mol. The van der Waals surface area contributed by atoms with Crippen molar-refractivity contribution in [3.63, 3.8) is 0 Å². The van der Waals surface area contributed by atoms with Gasteiger partial charge in [-0.2, -0.15) is 0 Å². The number of imide groups is 1. The van der Waals surface area contributed by atoms with Gasteiger partial charge in [0.15, 0.2) is 11.5 Å². The Balaban J connectivity index is 2.06. The third kappa shape index (κ3) is 5.48. The topological polar surface area (TPSA) is 133 Å². The van der Waals surface area contributed by atoms with Crippen LogP contribution in [0.2, 0.25) is 0 Å². The fourth-order valence-electron chi connectivity index (χ4n) is 2.19. The predicted octanol–water partition coefficient (Wildman–Crippen LogP) is 1.42. The molecule has 1 saturated heterocycles. The Hall–Kier alpha value is -3.01. The highest BCUT2D eigenvalue weighted by molar-refractivity contribution is 8.18. The number of aliphatic carboxylic acids is 1. The van der Waals surface area contributed by atoms with Crippen molar-refractivity contribution in [2.75, 3.05) is 19.7 Å². The Bertz CT molecular complexity index is 806. The van der Waals surface area contributed by atoms with Crippen LogP contribution in [0.3, 0.4) is 0 Å². The quantitative estimate of drug-likeness (QED) is 0.564. The van der Waals surface area contributed by atoms with Crippen molar-refractivity contribution >= 4 is 40.9 Å². The highest BCUT2D eigenvalue weighted by atomic mass is 32.2. The summed E-state index contributed by atoms with van der Waals surface area (Å²) in [7, 11) is 0. The van der Waals surface area contributed by atoms with Crippen molar-refractivity contribution < 1.29 is 34.1 Å². The maximum atomic E-state index is 12.4. The van der Waals surface area contributed by atoms with Gasteiger partial charge in [-0.25, -0.2) is 0 Å². The number of carbonyl (C=O) groups excluding carboxylic acids is 3. The summed E-state index contributed by atoms with van der Waals surface area (Å²) >= 11 is 0.692. The van der Waals surface area contributed by atoms with E-state index < -0.39 is 29.6 Å². The molecule has 144 valence electrons. The molecule has 0 atom stereocenters. The number of rotatable bonds is 8. The van der Waals surface area contributed by atoms with Gasteiger partial charge in [0.2, 0.25) is 5.91 Å². The van der Waals surface area contributed by atoms with Gasteiger partial charge in [0, 0.05) is 6.54 Å². The summed E-state index contributed by atoms with van der Waals surface area (Å²) in [6.45, 7) is 1.54. The number of phenolic OH excluding ortho intramolecular Hbond substituents is 1. The molecule has 1 fully saturated rings. The molecule has 0 spiro atoms. The molecule has 1 aromatic rings. The number of hydrogen-bond donors (Lipinski definition) is 3. The molecule has 0 bridgehead atoms. The number of nitrogens with zero attached hydrogens (tertiary/aromatic N) is 1. The van der Waals surface area contributed by atoms with Crippen LogP contribution in [0.4, 0.5) is 4.79 Å². The lowest BCUT2D eigenvalue weighted by Crippen LogP contribution is -2.40. The Kier molecular flexibility index (Phi) is 6.83. The fraction of sp³-hybridized carbons (Fsp3) is 0.294. The number of carbonyl (C=O) groups is 4. The minimum absolute atomic E-state index is 0.0415. The normalized spacial score (nSPS) is 15.3. The molecular formula is C17H18N2O7S. The van der Waals surface area contributed by atoms with Crippen molar-refractivity contribution in [1.29, 1.82) is 0 Å². The SMILES string of the molecule is CCOc1cc(/C=C2\SC(=O)N(CC(=O)NCCC(=O)O)C2=O)ccc1O. The number of benzene rings is 1. The van der Waals surface area contributed by atoms with Gasteiger partial charge in [0.1, 0.15) is 6.54 Å². The largest absolute Gasteiger partial charge is 0.504 e. The number of thioether (sulfide) groups is 1. The third-order valence-corrected chi connectivity index (χ3v) is 4.33. The summed E-state index contributed by atoms with van der Waals surface area (Å²) in [6.07, 6.45) is 1.21. The van der Waals surface area contributed by atoms with E-state index in [4.69, 9.17) is 9.84 Å². The van der Waals surface area contributed by atoms with E-state index in [1.807, 2.05) is 0 Å². The molecule has 27 heavy (non-hydrogen) atoms. The number of carboxylic acid groups (broad SMARTS) is 1. The minimum Gasteiger partial charge on any atom is -0.504 e. The van der Waals surface area contributed by atoms with Crippen LogP contribution in [0, 0.1) is 0 Å². The van der Waals surface area contributed by atoms with Gasteiger partial charge in [-0.15, -0.1) is 0 Å².